The minimum Gasteiger partial charge on any atom is -0.497 e. The maximum atomic E-state index is 5.51. The van der Waals surface area contributed by atoms with Gasteiger partial charge < -0.3 is 14.8 Å². The molecule has 0 saturated carbocycles. The van der Waals surface area contributed by atoms with Crippen LogP contribution in [0.5, 0.6) is 5.75 Å². The third kappa shape index (κ3) is 3.86. The summed E-state index contributed by atoms with van der Waals surface area (Å²) in [7, 11) is 3.54. The molecule has 1 unspecified atom stereocenters. The van der Waals surface area contributed by atoms with E-state index in [1.165, 1.54) is 5.56 Å². The lowest BCUT2D eigenvalue weighted by atomic mass is 9.87. The summed E-state index contributed by atoms with van der Waals surface area (Å²) in [6.07, 6.45) is 2.11. The van der Waals surface area contributed by atoms with Crippen LogP contribution in [0.1, 0.15) is 30.3 Å². The predicted octanol–water partition coefficient (Wildman–Crippen LogP) is 1.48. The molecule has 2 aromatic rings. The van der Waals surface area contributed by atoms with Crippen LogP contribution in [0.3, 0.4) is 0 Å². The van der Waals surface area contributed by atoms with Crippen LogP contribution in [0.2, 0.25) is 0 Å². The molecule has 1 atom stereocenters. The third-order valence-electron chi connectivity index (χ3n) is 4.40. The zero-order valence-electron chi connectivity index (χ0n) is 13.6. The van der Waals surface area contributed by atoms with E-state index in [9.17, 15) is 0 Å². The minimum atomic E-state index is 0.251. The Morgan fingerprint density at radius 3 is 2.65 bits per heavy atom. The predicted molar refractivity (Wildman–Crippen MR) is 84.9 cm³/mol. The molecule has 1 aromatic heterocycles. The standard InChI is InChI=1S/C16H23N5O2/c1-21-15(18-19-20-21)11-17-16(13-7-9-23-10-8-13)12-3-5-14(22-2)6-4-12/h3-6,13,16-17H,7-11H2,1-2H3. The van der Waals surface area contributed by atoms with Gasteiger partial charge in [0.25, 0.3) is 0 Å². The van der Waals surface area contributed by atoms with Gasteiger partial charge in [-0.1, -0.05) is 12.1 Å². The van der Waals surface area contributed by atoms with Gasteiger partial charge in [-0.05, 0) is 46.9 Å². The smallest absolute Gasteiger partial charge is 0.164 e. The second kappa shape index (κ2) is 7.52. The molecule has 2 heterocycles. The Bertz CT molecular complexity index is 607. The van der Waals surface area contributed by atoms with E-state index < -0.39 is 0 Å². The number of aryl methyl sites for hydroxylation is 1. The number of nitrogens with zero attached hydrogens (tertiary/aromatic N) is 4. The second-order valence-electron chi connectivity index (χ2n) is 5.80. The maximum absolute atomic E-state index is 5.51. The molecule has 1 aliphatic heterocycles. The third-order valence-corrected chi connectivity index (χ3v) is 4.40. The van der Waals surface area contributed by atoms with Crippen LogP contribution in [0.15, 0.2) is 24.3 Å². The van der Waals surface area contributed by atoms with E-state index in [4.69, 9.17) is 9.47 Å². The summed E-state index contributed by atoms with van der Waals surface area (Å²) in [5.41, 5.74) is 1.26. The minimum absolute atomic E-state index is 0.251. The molecule has 1 aliphatic rings. The van der Waals surface area contributed by atoms with Gasteiger partial charge in [0.15, 0.2) is 5.82 Å². The van der Waals surface area contributed by atoms with Crippen LogP contribution in [-0.4, -0.2) is 40.5 Å². The highest BCUT2D eigenvalue weighted by Gasteiger charge is 2.25. The van der Waals surface area contributed by atoms with Crippen LogP contribution in [0, 0.1) is 5.92 Å². The fourth-order valence-corrected chi connectivity index (χ4v) is 3.02. The molecule has 7 heteroatoms. The van der Waals surface area contributed by atoms with Crippen molar-refractivity contribution in [3.63, 3.8) is 0 Å². The number of hydrogen-bond donors (Lipinski definition) is 1. The van der Waals surface area contributed by atoms with Crippen molar-refractivity contribution in [2.75, 3.05) is 20.3 Å². The maximum Gasteiger partial charge on any atom is 0.164 e. The molecule has 0 amide bonds. The first kappa shape index (κ1) is 15.9. The Morgan fingerprint density at radius 1 is 1.30 bits per heavy atom. The lowest BCUT2D eigenvalue weighted by Crippen LogP contribution is -2.32. The number of tetrazole rings is 1. The van der Waals surface area contributed by atoms with E-state index in [-0.39, 0.29) is 6.04 Å². The monoisotopic (exact) mass is 317 g/mol. The van der Waals surface area contributed by atoms with E-state index in [1.54, 1.807) is 11.8 Å². The first-order chi connectivity index (χ1) is 11.3. The van der Waals surface area contributed by atoms with Gasteiger partial charge in [-0.3, -0.25) is 0 Å². The summed E-state index contributed by atoms with van der Waals surface area (Å²) >= 11 is 0. The van der Waals surface area contributed by atoms with Gasteiger partial charge in [0, 0.05) is 26.3 Å². The summed E-state index contributed by atoms with van der Waals surface area (Å²) in [5.74, 6) is 2.24. The zero-order chi connectivity index (χ0) is 16.1. The van der Waals surface area contributed by atoms with Crippen molar-refractivity contribution in [3.8, 4) is 5.75 Å². The normalized spacial score (nSPS) is 17.1. The Labute approximate surface area is 136 Å². The summed E-state index contributed by atoms with van der Waals surface area (Å²) in [4.78, 5) is 0. The van der Waals surface area contributed by atoms with Gasteiger partial charge in [0.05, 0.1) is 13.7 Å². The number of benzene rings is 1. The van der Waals surface area contributed by atoms with E-state index in [0.717, 1.165) is 37.6 Å². The lowest BCUT2D eigenvalue weighted by molar-refractivity contribution is 0.0532. The molecule has 1 N–H and O–H groups in total. The molecule has 1 saturated heterocycles. The molecule has 0 spiro atoms. The second-order valence-corrected chi connectivity index (χ2v) is 5.80. The average Bonchev–Trinajstić information content (AvgIpc) is 3.02. The van der Waals surface area contributed by atoms with E-state index in [2.05, 4.69) is 33.0 Å². The molecule has 0 radical (unpaired) electrons. The number of hydrogen-bond acceptors (Lipinski definition) is 6. The first-order valence-corrected chi connectivity index (χ1v) is 7.94. The highest BCUT2D eigenvalue weighted by molar-refractivity contribution is 5.29. The van der Waals surface area contributed by atoms with Crippen LogP contribution >= 0.6 is 0 Å². The van der Waals surface area contributed by atoms with Gasteiger partial charge in [-0.2, -0.15) is 0 Å². The quantitative estimate of drug-likeness (QED) is 0.870. The van der Waals surface area contributed by atoms with Gasteiger partial charge in [-0.15, -0.1) is 5.10 Å². The summed E-state index contributed by atoms with van der Waals surface area (Å²) in [5, 5.41) is 15.3. The fourth-order valence-electron chi connectivity index (χ4n) is 3.02. The molecule has 7 nitrogen and oxygen atoms in total. The molecule has 0 aliphatic carbocycles. The number of aromatic nitrogens is 4. The van der Waals surface area contributed by atoms with Crippen LogP contribution in [0.4, 0.5) is 0 Å². The van der Waals surface area contributed by atoms with Crippen molar-refractivity contribution in [1.29, 1.82) is 0 Å². The highest BCUT2D eigenvalue weighted by Crippen LogP contribution is 2.31. The highest BCUT2D eigenvalue weighted by atomic mass is 16.5. The van der Waals surface area contributed by atoms with Gasteiger partial charge in [0.2, 0.25) is 0 Å². The molecule has 124 valence electrons. The van der Waals surface area contributed by atoms with Crippen LogP contribution in [0.25, 0.3) is 0 Å². The van der Waals surface area contributed by atoms with E-state index >= 15 is 0 Å². The largest absolute Gasteiger partial charge is 0.497 e. The molecular formula is C16H23N5O2. The Kier molecular flexibility index (Phi) is 5.19. The Hall–Kier alpha value is -1.99. The van der Waals surface area contributed by atoms with Crippen molar-refractivity contribution in [1.82, 2.24) is 25.5 Å². The molecule has 1 aromatic carbocycles. The Morgan fingerprint density at radius 2 is 2.04 bits per heavy atom. The SMILES string of the molecule is COc1ccc(C(NCc2nnnn2C)C2CCOCC2)cc1. The van der Waals surface area contributed by atoms with Crippen LogP contribution in [-0.2, 0) is 18.3 Å². The fraction of sp³-hybridized carbons (Fsp3) is 0.562. The van der Waals surface area contributed by atoms with Crippen molar-refractivity contribution in [2.24, 2.45) is 13.0 Å². The molecular weight excluding hydrogens is 294 g/mol. The lowest BCUT2D eigenvalue weighted by Gasteiger charge is -2.31. The number of methoxy groups -OCH3 is 1. The van der Waals surface area contributed by atoms with Crippen LogP contribution < -0.4 is 10.1 Å². The average molecular weight is 317 g/mol. The van der Waals surface area contributed by atoms with Crippen molar-refractivity contribution in [3.05, 3.63) is 35.7 Å². The van der Waals surface area contributed by atoms with Crippen molar-refractivity contribution < 1.29 is 9.47 Å². The first-order valence-electron chi connectivity index (χ1n) is 7.94. The molecule has 23 heavy (non-hydrogen) atoms. The molecule has 1 fully saturated rings. The van der Waals surface area contributed by atoms with Crippen molar-refractivity contribution >= 4 is 0 Å². The molecule has 3 rings (SSSR count). The number of ether oxygens (including phenoxy) is 2. The van der Waals surface area contributed by atoms with E-state index in [1.807, 2.05) is 19.2 Å². The summed E-state index contributed by atoms with van der Waals surface area (Å²) < 4.78 is 12.5. The van der Waals surface area contributed by atoms with Gasteiger partial charge >= 0.3 is 0 Å². The zero-order valence-corrected chi connectivity index (χ0v) is 13.6. The number of nitrogens with one attached hydrogen (secondary N) is 1. The van der Waals surface area contributed by atoms with Gasteiger partial charge in [0.1, 0.15) is 5.75 Å². The molecule has 0 bridgehead atoms. The van der Waals surface area contributed by atoms with Gasteiger partial charge in [-0.25, -0.2) is 4.68 Å². The summed E-state index contributed by atoms with van der Waals surface area (Å²) in [6, 6.07) is 8.52. The number of rotatable bonds is 6. The Balaban J connectivity index is 1.76. The van der Waals surface area contributed by atoms with E-state index in [0.29, 0.717) is 12.5 Å². The van der Waals surface area contributed by atoms with Crippen molar-refractivity contribution in [2.45, 2.75) is 25.4 Å². The summed E-state index contributed by atoms with van der Waals surface area (Å²) in [6.45, 7) is 2.28. The topological polar surface area (TPSA) is 74.1 Å².